The average molecular weight is 243 g/mol. The Morgan fingerprint density at radius 1 is 1.24 bits per heavy atom. The third-order valence-electron chi connectivity index (χ3n) is 2.29. The van der Waals surface area contributed by atoms with Gasteiger partial charge in [-0.2, -0.15) is 13.2 Å². The van der Waals surface area contributed by atoms with Gasteiger partial charge in [0.1, 0.15) is 10.9 Å². The molecule has 2 rings (SSSR count). The van der Waals surface area contributed by atoms with Crippen molar-refractivity contribution in [2.75, 3.05) is 0 Å². The highest BCUT2D eigenvalue weighted by Gasteiger charge is 2.34. The predicted octanol–water partition coefficient (Wildman–Crippen LogP) is 3.05. The zero-order valence-electron chi connectivity index (χ0n) is 8.75. The van der Waals surface area contributed by atoms with Gasteiger partial charge in [0.15, 0.2) is 0 Å². The molecule has 0 spiro atoms. The van der Waals surface area contributed by atoms with Crippen LogP contribution in [0.5, 0.6) is 0 Å². The molecule has 0 aliphatic carbocycles. The fraction of sp³-hybridized carbons (Fsp3) is 0.182. The zero-order chi connectivity index (χ0) is 12.6. The molecule has 0 fully saturated rings. The van der Waals surface area contributed by atoms with Gasteiger partial charge in [0.05, 0.1) is 0 Å². The van der Waals surface area contributed by atoms with Crippen molar-refractivity contribution in [1.82, 2.24) is 0 Å². The van der Waals surface area contributed by atoms with E-state index in [1.54, 1.807) is 19.1 Å². The van der Waals surface area contributed by atoms with Crippen molar-refractivity contribution in [2.45, 2.75) is 13.1 Å². The number of benzene rings is 1. The van der Waals surface area contributed by atoms with Crippen LogP contribution >= 0.6 is 0 Å². The van der Waals surface area contributed by atoms with Crippen LogP contribution in [0.1, 0.15) is 11.3 Å². The van der Waals surface area contributed by atoms with E-state index in [1.807, 2.05) is 0 Å². The topological polar surface area (TPSA) is 45.7 Å². The fourth-order valence-corrected chi connectivity index (χ4v) is 1.51. The van der Waals surface area contributed by atoms with Crippen LogP contribution in [-0.4, -0.2) is 5.21 Å². The Morgan fingerprint density at radius 2 is 1.94 bits per heavy atom. The van der Waals surface area contributed by atoms with Crippen molar-refractivity contribution in [2.24, 2.45) is 5.16 Å². The van der Waals surface area contributed by atoms with Gasteiger partial charge >= 0.3 is 6.18 Å². The summed E-state index contributed by atoms with van der Waals surface area (Å²) < 4.78 is 42.2. The van der Waals surface area contributed by atoms with Gasteiger partial charge in [-0.05, 0) is 19.1 Å². The molecule has 1 aromatic heterocycles. The largest absolute Gasteiger partial charge is 0.451 e. The molecule has 0 radical (unpaired) electrons. The molecule has 0 amide bonds. The molecule has 0 bridgehead atoms. The molecule has 6 heteroatoms. The molecule has 90 valence electrons. The number of hydrogen-bond acceptors (Lipinski definition) is 3. The highest BCUT2D eigenvalue weighted by Crippen LogP contribution is 2.30. The molecule has 0 aliphatic rings. The van der Waals surface area contributed by atoms with Gasteiger partial charge in [0.2, 0.25) is 5.76 Å². The van der Waals surface area contributed by atoms with Crippen LogP contribution in [0.25, 0.3) is 11.0 Å². The molecule has 0 saturated carbocycles. The summed E-state index contributed by atoms with van der Waals surface area (Å²) in [5, 5.41) is 11.8. The second-order valence-corrected chi connectivity index (χ2v) is 3.59. The van der Waals surface area contributed by atoms with E-state index in [-0.39, 0.29) is 10.9 Å². The van der Waals surface area contributed by atoms with Gasteiger partial charge in [-0.1, -0.05) is 16.8 Å². The zero-order valence-corrected chi connectivity index (χ0v) is 8.75. The summed E-state index contributed by atoms with van der Waals surface area (Å²) >= 11 is 0. The lowest BCUT2D eigenvalue weighted by Crippen LogP contribution is -2.12. The molecule has 1 heterocycles. The number of rotatable bonds is 0. The molecule has 2 aromatic rings. The minimum atomic E-state index is -4.61. The molecular weight excluding hydrogens is 235 g/mol. The van der Waals surface area contributed by atoms with Gasteiger partial charge in [0.25, 0.3) is 0 Å². The maximum Gasteiger partial charge on any atom is 0.449 e. The minimum Gasteiger partial charge on any atom is -0.451 e. The third kappa shape index (κ3) is 2.11. The second-order valence-electron chi connectivity index (χ2n) is 3.59. The summed E-state index contributed by atoms with van der Waals surface area (Å²) in [6.07, 6.45) is -4.61. The van der Waals surface area contributed by atoms with Crippen molar-refractivity contribution in [1.29, 1.82) is 0 Å². The highest BCUT2D eigenvalue weighted by atomic mass is 19.4. The van der Waals surface area contributed by atoms with Gasteiger partial charge in [-0.3, -0.25) is 0 Å². The van der Waals surface area contributed by atoms with Crippen molar-refractivity contribution >= 4 is 11.0 Å². The molecule has 1 N–H and O–H groups in total. The Labute approximate surface area is 93.8 Å². The Hall–Kier alpha value is -1.98. The number of halogens is 3. The van der Waals surface area contributed by atoms with Crippen LogP contribution in [0.15, 0.2) is 33.8 Å². The summed E-state index contributed by atoms with van der Waals surface area (Å²) in [4.78, 5) is 0. The standard InChI is InChI=1S/C11H8F3NO2/c1-6-2-3-9-7(4-6)8(15-16)5-10(17-9)11(12,13)14/h2-5,16H,1H3/b15-8+. The average Bonchev–Trinajstić information content (AvgIpc) is 2.26. The lowest BCUT2D eigenvalue weighted by molar-refractivity contribution is -0.152. The lowest BCUT2D eigenvalue weighted by atomic mass is 10.1. The molecule has 0 saturated heterocycles. The molecule has 0 aliphatic heterocycles. The predicted molar refractivity (Wildman–Crippen MR) is 53.3 cm³/mol. The molecule has 1 aromatic carbocycles. The van der Waals surface area contributed by atoms with Crippen LogP contribution in [0.4, 0.5) is 13.2 Å². The van der Waals surface area contributed by atoms with Gasteiger partial charge in [-0.15, -0.1) is 0 Å². The fourth-order valence-electron chi connectivity index (χ4n) is 1.51. The number of fused-ring (bicyclic) bond motifs is 1. The first-order valence-corrected chi connectivity index (χ1v) is 4.71. The molecule has 0 unspecified atom stereocenters. The van der Waals surface area contributed by atoms with Crippen molar-refractivity contribution in [3.8, 4) is 0 Å². The van der Waals surface area contributed by atoms with E-state index >= 15 is 0 Å². The first-order chi connectivity index (χ1) is 7.91. The Balaban J connectivity index is 2.85. The number of hydrogen-bond donors (Lipinski definition) is 1. The Bertz CT molecular complexity index is 629. The monoisotopic (exact) mass is 243 g/mol. The molecule has 3 nitrogen and oxygen atoms in total. The van der Waals surface area contributed by atoms with E-state index in [0.717, 1.165) is 5.56 Å². The maximum atomic E-state index is 12.5. The number of aryl methyl sites for hydroxylation is 1. The van der Waals surface area contributed by atoms with Crippen molar-refractivity contribution < 1.29 is 22.8 Å². The van der Waals surface area contributed by atoms with Crippen molar-refractivity contribution in [3.63, 3.8) is 0 Å². The summed E-state index contributed by atoms with van der Waals surface area (Å²) in [5.41, 5.74) is 0.857. The van der Waals surface area contributed by atoms with Crippen LogP contribution in [0.2, 0.25) is 0 Å². The highest BCUT2D eigenvalue weighted by molar-refractivity contribution is 5.76. The second kappa shape index (κ2) is 3.80. The van der Waals surface area contributed by atoms with Crippen LogP contribution < -0.4 is 5.36 Å². The Morgan fingerprint density at radius 3 is 2.53 bits per heavy atom. The van der Waals surface area contributed by atoms with Gasteiger partial charge < -0.3 is 9.62 Å². The smallest absolute Gasteiger partial charge is 0.449 e. The summed E-state index contributed by atoms with van der Waals surface area (Å²) in [7, 11) is 0. The van der Waals surface area contributed by atoms with Crippen molar-refractivity contribution in [3.05, 3.63) is 40.9 Å². The summed E-state index contributed by atoms with van der Waals surface area (Å²) in [6, 6.07) is 5.29. The molecule has 17 heavy (non-hydrogen) atoms. The minimum absolute atomic E-state index is 0.0261. The van der Waals surface area contributed by atoms with E-state index in [4.69, 9.17) is 9.62 Å². The summed E-state index contributed by atoms with van der Waals surface area (Å²) in [6.45, 7) is 1.78. The first-order valence-electron chi connectivity index (χ1n) is 4.71. The maximum absolute atomic E-state index is 12.5. The van der Waals surface area contributed by atoms with E-state index in [1.165, 1.54) is 6.07 Å². The first kappa shape index (κ1) is 11.5. The van der Waals surface area contributed by atoms with Crippen LogP contribution in [-0.2, 0) is 6.18 Å². The normalized spacial score (nSPS) is 13.3. The van der Waals surface area contributed by atoms with E-state index < -0.39 is 11.9 Å². The van der Waals surface area contributed by atoms with Crippen LogP contribution in [0, 0.1) is 6.92 Å². The molecular formula is C11H8F3NO2. The van der Waals surface area contributed by atoms with E-state index in [2.05, 4.69) is 5.16 Å². The summed E-state index contributed by atoms with van der Waals surface area (Å²) in [5.74, 6) is -1.19. The lowest BCUT2D eigenvalue weighted by Gasteiger charge is -2.07. The number of alkyl halides is 3. The Kier molecular flexibility index (Phi) is 2.57. The van der Waals surface area contributed by atoms with Crippen LogP contribution in [0.3, 0.4) is 0 Å². The van der Waals surface area contributed by atoms with Gasteiger partial charge in [0, 0.05) is 11.5 Å². The van der Waals surface area contributed by atoms with E-state index in [9.17, 15) is 13.2 Å². The van der Waals surface area contributed by atoms with E-state index in [0.29, 0.717) is 11.5 Å². The number of nitrogens with zero attached hydrogens (tertiary/aromatic N) is 1. The third-order valence-corrected chi connectivity index (χ3v) is 2.29. The molecule has 0 atom stereocenters. The quantitative estimate of drug-likeness (QED) is 0.571. The SMILES string of the molecule is Cc1ccc2oc(C(F)(F)F)c/c(=N\O)c2c1. The van der Waals surface area contributed by atoms with Gasteiger partial charge in [-0.25, -0.2) is 0 Å².